The topological polar surface area (TPSA) is 80.9 Å². The summed E-state index contributed by atoms with van der Waals surface area (Å²) in [6.45, 7) is 5.35. The highest BCUT2D eigenvalue weighted by Gasteiger charge is 2.34. The molecule has 1 saturated heterocycles. The van der Waals surface area contributed by atoms with E-state index >= 15 is 0 Å². The Balaban J connectivity index is 1.56. The number of hydrogen-bond acceptors (Lipinski definition) is 4. The molecule has 2 N–H and O–H groups in total. The molecule has 1 amide bonds. The Labute approximate surface area is 135 Å². The average Bonchev–Trinajstić information content (AvgIpc) is 3.30. The lowest BCUT2D eigenvalue weighted by Gasteiger charge is -2.39. The Hall–Kier alpha value is -2.15. The second-order valence-electron chi connectivity index (χ2n) is 6.25. The van der Waals surface area contributed by atoms with E-state index in [1.165, 1.54) is 0 Å². The number of H-pyrrole nitrogens is 2. The van der Waals surface area contributed by atoms with Gasteiger partial charge >= 0.3 is 0 Å². The maximum absolute atomic E-state index is 12.9. The van der Waals surface area contributed by atoms with Crippen LogP contribution in [0.4, 0.5) is 0 Å². The molecule has 7 heteroatoms. The number of rotatable bonds is 3. The molecule has 3 heterocycles. The molecule has 2 aromatic rings. The van der Waals surface area contributed by atoms with Gasteiger partial charge in [0.1, 0.15) is 5.82 Å². The maximum Gasteiger partial charge on any atom is 0.274 e. The van der Waals surface area contributed by atoms with Gasteiger partial charge < -0.3 is 9.88 Å². The van der Waals surface area contributed by atoms with Crippen molar-refractivity contribution in [3.05, 3.63) is 35.2 Å². The van der Waals surface area contributed by atoms with Crippen LogP contribution in [0.25, 0.3) is 0 Å². The normalized spacial score (nSPS) is 21.6. The van der Waals surface area contributed by atoms with Gasteiger partial charge in [0.15, 0.2) is 5.69 Å². The number of aromatic amines is 2. The first-order valence-electron chi connectivity index (χ1n) is 8.36. The summed E-state index contributed by atoms with van der Waals surface area (Å²) in [4.78, 5) is 24.8. The number of fused-ring (bicyclic) bond motifs is 1. The Morgan fingerprint density at radius 3 is 3.09 bits per heavy atom. The first-order valence-corrected chi connectivity index (χ1v) is 8.36. The Morgan fingerprint density at radius 1 is 1.39 bits per heavy atom. The lowest BCUT2D eigenvalue weighted by Crippen LogP contribution is -2.50. The molecule has 1 aliphatic heterocycles. The molecule has 0 saturated carbocycles. The molecular weight excluding hydrogens is 292 g/mol. The van der Waals surface area contributed by atoms with E-state index in [9.17, 15) is 4.79 Å². The highest BCUT2D eigenvalue weighted by molar-refractivity contribution is 5.94. The number of hydrogen-bond donors (Lipinski definition) is 2. The van der Waals surface area contributed by atoms with E-state index < -0.39 is 0 Å². The van der Waals surface area contributed by atoms with Gasteiger partial charge in [-0.05, 0) is 25.8 Å². The average molecular weight is 314 g/mol. The molecule has 0 unspecified atom stereocenters. The number of nitrogens with zero attached hydrogens (tertiary/aromatic N) is 4. The summed E-state index contributed by atoms with van der Waals surface area (Å²) >= 11 is 0. The predicted octanol–water partition coefficient (Wildman–Crippen LogP) is 1.14. The third-order valence-electron chi connectivity index (χ3n) is 5.03. The van der Waals surface area contributed by atoms with E-state index in [0.717, 1.165) is 56.0 Å². The van der Waals surface area contributed by atoms with E-state index in [1.807, 2.05) is 11.1 Å². The van der Waals surface area contributed by atoms with Gasteiger partial charge in [-0.25, -0.2) is 4.98 Å². The van der Waals surface area contributed by atoms with Crippen LogP contribution in [0.15, 0.2) is 12.4 Å². The van der Waals surface area contributed by atoms with Gasteiger partial charge in [-0.2, -0.15) is 5.10 Å². The van der Waals surface area contributed by atoms with Crippen molar-refractivity contribution < 1.29 is 4.79 Å². The minimum atomic E-state index is 0.0525. The van der Waals surface area contributed by atoms with Crippen molar-refractivity contribution in [2.24, 2.45) is 0 Å². The van der Waals surface area contributed by atoms with Gasteiger partial charge in [0.2, 0.25) is 0 Å². The predicted molar refractivity (Wildman–Crippen MR) is 85.1 cm³/mol. The number of aryl methyl sites for hydroxylation is 1. The van der Waals surface area contributed by atoms with E-state index in [0.29, 0.717) is 12.2 Å². The standard InChI is InChI=1S/C16H22N6O/c1-2-21-8-9-22(10-13(21)15-17-6-7-18-15)16(23)14-11-4-3-5-12(11)19-20-14/h6-7,13H,2-5,8-10H2,1H3,(H,17,18)(H,19,20)/t13-/m1/s1. The van der Waals surface area contributed by atoms with Crippen LogP contribution in [0.5, 0.6) is 0 Å². The minimum absolute atomic E-state index is 0.0525. The highest BCUT2D eigenvalue weighted by atomic mass is 16.2. The van der Waals surface area contributed by atoms with E-state index in [-0.39, 0.29) is 11.9 Å². The Bertz CT molecular complexity index is 691. The lowest BCUT2D eigenvalue weighted by atomic mass is 10.1. The molecule has 2 aliphatic rings. The molecule has 1 aliphatic carbocycles. The van der Waals surface area contributed by atoms with E-state index in [1.54, 1.807) is 6.20 Å². The quantitative estimate of drug-likeness (QED) is 0.890. The highest BCUT2D eigenvalue weighted by Crippen LogP contribution is 2.27. The molecule has 122 valence electrons. The summed E-state index contributed by atoms with van der Waals surface area (Å²) in [6.07, 6.45) is 6.69. The van der Waals surface area contributed by atoms with Gasteiger partial charge in [0.25, 0.3) is 5.91 Å². The van der Waals surface area contributed by atoms with Crippen molar-refractivity contribution in [2.75, 3.05) is 26.2 Å². The van der Waals surface area contributed by atoms with Crippen LogP contribution >= 0.6 is 0 Å². The van der Waals surface area contributed by atoms with Crippen molar-refractivity contribution in [2.45, 2.75) is 32.2 Å². The third kappa shape index (κ3) is 2.45. The van der Waals surface area contributed by atoms with Gasteiger partial charge in [-0.1, -0.05) is 6.92 Å². The van der Waals surface area contributed by atoms with E-state index in [4.69, 9.17) is 0 Å². The Morgan fingerprint density at radius 2 is 2.30 bits per heavy atom. The molecular formula is C16H22N6O. The molecule has 2 aromatic heterocycles. The minimum Gasteiger partial charge on any atom is -0.347 e. The Kier molecular flexibility index (Phi) is 3.65. The monoisotopic (exact) mass is 314 g/mol. The van der Waals surface area contributed by atoms with Crippen molar-refractivity contribution in [1.82, 2.24) is 30.0 Å². The van der Waals surface area contributed by atoms with Crippen LogP contribution in [0, 0.1) is 0 Å². The van der Waals surface area contributed by atoms with Crippen LogP contribution in [0.1, 0.15) is 47.0 Å². The number of nitrogens with one attached hydrogen (secondary N) is 2. The second kappa shape index (κ2) is 5.81. The number of likely N-dealkylation sites (N-methyl/N-ethyl adjacent to an activating group) is 1. The second-order valence-corrected chi connectivity index (χ2v) is 6.25. The number of piperazine rings is 1. The largest absolute Gasteiger partial charge is 0.347 e. The summed E-state index contributed by atoms with van der Waals surface area (Å²) in [5.41, 5.74) is 2.89. The van der Waals surface area contributed by atoms with Crippen LogP contribution in [0.3, 0.4) is 0 Å². The molecule has 0 bridgehead atoms. The van der Waals surface area contributed by atoms with Crippen molar-refractivity contribution in [3.63, 3.8) is 0 Å². The molecule has 0 aromatic carbocycles. The number of carbonyl (C=O) groups is 1. The van der Waals surface area contributed by atoms with Crippen molar-refractivity contribution in [1.29, 1.82) is 0 Å². The molecule has 1 atom stereocenters. The molecule has 0 spiro atoms. The number of aromatic nitrogens is 4. The van der Waals surface area contributed by atoms with Crippen molar-refractivity contribution >= 4 is 5.91 Å². The fourth-order valence-corrected chi connectivity index (χ4v) is 3.75. The zero-order chi connectivity index (χ0) is 15.8. The SMILES string of the molecule is CCN1CCN(C(=O)c2n[nH]c3c2CCC3)C[C@@H]1c1ncc[nH]1. The molecule has 23 heavy (non-hydrogen) atoms. The summed E-state index contributed by atoms with van der Waals surface area (Å²) in [5, 5.41) is 7.33. The molecule has 4 rings (SSSR count). The smallest absolute Gasteiger partial charge is 0.274 e. The molecule has 1 fully saturated rings. The number of carbonyl (C=O) groups excluding carboxylic acids is 1. The van der Waals surface area contributed by atoms with Gasteiger partial charge in [-0.15, -0.1) is 0 Å². The first-order chi connectivity index (χ1) is 11.3. The summed E-state index contributed by atoms with van der Waals surface area (Å²) in [5.74, 6) is 0.980. The summed E-state index contributed by atoms with van der Waals surface area (Å²) < 4.78 is 0. The summed E-state index contributed by atoms with van der Waals surface area (Å²) in [6, 6.07) is 0.125. The third-order valence-corrected chi connectivity index (χ3v) is 5.03. The van der Waals surface area contributed by atoms with E-state index in [2.05, 4.69) is 32.0 Å². The van der Waals surface area contributed by atoms with Crippen LogP contribution in [0.2, 0.25) is 0 Å². The summed E-state index contributed by atoms with van der Waals surface area (Å²) in [7, 11) is 0. The van der Waals surface area contributed by atoms with Crippen LogP contribution in [-0.4, -0.2) is 62.1 Å². The molecule has 7 nitrogen and oxygen atoms in total. The first kappa shape index (κ1) is 14.4. The van der Waals surface area contributed by atoms with Gasteiger partial charge in [-0.3, -0.25) is 14.8 Å². The lowest BCUT2D eigenvalue weighted by molar-refractivity contribution is 0.0474. The van der Waals surface area contributed by atoms with Gasteiger partial charge in [0.05, 0.1) is 6.04 Å². The zero-order valence-electron chi connectivity index (χ0n) is 13.4. The van der Waals surface area contributed by atoms with Crippen LogP contribution in [-0.2, 0) is 12.8 Å². The number of amides is 1. The zero-order valence-corrected chi connectivity index (χ0v) is 13.4. The fraction of sp³-hybridized carbons (Fsp3) is 0.562. The van der Waals surface area contributed by atoms with Gasteiger partial charge in [0, 0.05) is 43.3 Å². The fourth-order valence-electron chi connectivity index (χ4n) is 3.75. The van der Waals surface area contributed by atoms with Crippen molar-refractivity contribution in [3.8, 4) is 0 Å². The van der Waals surface area contributed by atoms with Crippen LogP contribution < -0.4 is 0 Å². The maximum atomic E-state index is 12.9. The molecule has 0 radical (unpaired) electrons. The number of imidazole rings is 1.